The lowest BCUT2D eigenvalue weighted by atomic mass is 9.89. The van der Waals surface area contributed by atoms with E-state index in [1.165, 1.54) is 19.1 Å². The lowest BCUT2D eigenvalue weighted by Crippen LogP contribution is -2.51. The fourth-order valence-electron chi connectivity index (χ4n) is 2.80. The first-order valence-corrected chi connectivity index (χ1v) is 9.75. The summed E-state index contributed by atoms with van der Waals surface area (Å²) < 4.78 is 44.3. The van der Waals surface area contributed by atoms with Crippen LogP contribution in [-0.4, -0.2) is 24.4 Å². The van der Waals surface area contributed by atoms with Gasteiger partial charge in [0, 0.05) is 6.92 Å². The number of carbonyl (C=O) groups excluding carboxylic acids is 3. The molecule has 2 aromatic rings. The molecular formula is C20H21F3N2O4S. The zero-order valence-corrected chi connectivity index (χ0v) is 17.6. The molecule has 0 spiro atoms. The van der Waals surface area contributed by atoms with Crippen LogP contribution in [0.1, 0.15) is 47.1 Å². The van der Waals surface area contributed by atoms with E-state index in [1.54, 1.807) is 19.9 Å². The van der Waals surface area contributed by atoms with Crippen molar-refractivity contribution in [3.63, 3.8) is 0 Å². The van der Waals surface area contributed by atoms with E-state index in [2.05, 4.69) is 10.6 Å². The standard InChI is InChI=1S/C20H21F3N2O4S/c1-5-29-17(27)16-11(2)9-15(30-16)24-18(28)19(4,25-12(3)26)13-7-6-8-14(10-13)20(21,22)23/h6-10H,5H2,1-4H3,(H,24,28)(H,25,26)/t19-/m0/s1. The van der Waals surface area contributed by atoms with Crippen LogP contribution in [0.3, 0.4) is 0 Å². The van der Waals surface area contributed by atoms with E-state index in [1.807, 2.05) is 0 Å². The van der Waals surface area contributed by atoms with Crippen molar-refractivity contribution in [2.75, 3.05) is 11.9 Å². The topological polar surface area (TPSA) is 84.5 Å². The van der Waals surface area contributed by atoms with Crippen LogP contribution >= 0.6 is 11.3 Å². The van der Waals surface area contributed by atoms with Gasteiger partial charge in [-0.25, -0.2) is 4.79 Å². The number of carbonyl (C=O) groups is 3. The van der Waals surface area contributed by atoms with Gasteiger partial charge >= 0.3 is 12.1 Å². The molecule has 0 saturated heterocycles. The predicted molar refractivity (Wildman–Crippen MR) is 106 cm³/mol. The molecule has 1 aromatic carbocycles. The molecule has 0 saturated carbocycles. The summed E-state index contributed by atoms with van der Waals surface area (Å²) in [6, 6.07) is 5.74. The number of benzene rings is 1. The third kappa shape index (κ3) is 5.18. The number of halogens is 3. The highest BCUT2D eigenvalue weighted by Crippen LogP contribution is 2.34. The molecule has 1 aromatic heterocycles. The molecule has 2 amide bonds. The molecule has 1 atom stereocenters. The maximum absolute atomic E-state index is 13.1. The van der Waals surface area contributed by atoms with Gasteiger partial charge in [0.05, 0.1) is 17.2 Å². The second-order valence-electron chi connectivity index (χ2n) is 6.68. The summed E-state index contributed by atoms with van der Waals surface area (Å²) in [6.07, 6.45) is -4.61. The lowest BCUT2D eigenvalue weighted by molar-refractivity contribution is -0.137. The van der Waals surface area contributed by atoms with E-state index < -0.39 is 35.1 Å². The molecule has 6 nitrogen and oxygen atoms in total. The third-order valence-corrected chi connectivity index (χ3v) is 5.40. The van der Waals surface area contributed by atoms with Gasteiger partial charge in [-0.15, -0.1) is 11.3 Å². The first-order chi connectivity index (χ1) is 13.9. The molecule has 0 unspecified atom stereocenters. The van der Waals surface area contributed by atoms with Gasteiger partial charge in [0.2, 0.25) is 5.91 Å². The largest absolute Gasteiger partial charge is 0.462 e. The Kier molecular flexibility index (Phi) is 6.91. The zero-order valence-electron chi connectivity index (χ0n) is 16.8. The first-order valence-electron chi connectivity index (χ1n) is 8.94. The van der Waals surface area contributed by atoms with Crippen LogP contribution in [0.15, 0.2) is 30.3 Å². The molecule has 0 aliphatic rings. The number of ether oxygens (including phenoxy) is 1. The van der Waals surface area contributed by atoms with Gasteiger partial charge in [0.1, 0.15) is 10.4 Å². The van der Waals surface area contributed by atoms with E-state index in [-0.39, 0.29) is 12.2 Å². The molecule has 30 heavy (non-hydrogen) atoms. The minimum atomic E-state index is -4.61. The molecule has 0 fully saturated rings. The summed E-state index contributed by atoms with van der Waals surface area (Å²) in [5, 5.41) is 5.30. The van der Waals surface area contributed by atoms with E-state index in [4.69, 9.17) is 4.74 Å². The summed E-state index contributed by atoms with van der Waals surface area (Å²) >= 11 is 0.974. The Bertz CT molecular complexity index is 971. The molecule has 0 aliphatic heterocycles. The van der Waals surface area contributed by atoms with E-state index in [0.29, 0.717) is 15.4 Å². The summed E-state index contributed by atoms with van der Waals surface area (Å²) in [5.41, 5.74) is -2.19. The number of aryl methyl sites for hydroxylation is 1. The Morgan fingerprint density at radius 3 is 2.33 bits per heavy atom. The fraction of sp³-hybridized carbons (Fsp3) is 0.350. The van der Waals surface area contributed by atoms with Crippen molar-refractivity contribution in [3.8, 4) is 0 Å². The summed E-state index contributed by atoms with van der Waals surface area (Å²) in [4.78, 5) is 37.0. The van der Waals surface area contributed by atoms with E-state index in [0.717, 1.165) is 30.4 Å². The predicted octanol–water partition coefficient (Wildman–Crippen LogP) is 4.24. The van der Waals surface area contributed by atoms with E-state index >= 15 is 0 Å². The number of thiophene rings is 1. The summed E-state index contributed by atoms with van der Waals surface area (Å²) in [7, 11) is 0. The Hall–Kier alpha value is -2.88. The minimum absolute atomic E-state index is 0.0380. The molecule has 0 radical (unpaired) electrons. The second-order valence-corrected chi connectivity index (χ2v) is 7.73. The van der Waals surface area contributed by atoms with E-state index in [9.17, 15) is 27.6 Å². The number of anilines is 1. The number of hydrogen-bond acceptors (Lipinski definition) is 5. The average molecular weight is 442 g/mol. The van der Waals surface area contributed by atoms with Crippen molar-refractivity contribution in [3.05, 3.63) is 51.9 Å². The van der Waals surface area contributed by atoms with Crippen molar-refractivity contribution >= 4 is 34.1 Å². The SMILES string of the molecule is CCOC(=O)c1sc(NC(=O)[C@@](C)(NC(C)=O)c2cccc(C(F)(F)F)c2)cc1C. The summed E-state index contributed by atoms with van der Waals surface area (Å²) in [5.74, 6) is -1.89. The van der Waals surface area contributed by atoms with Gasteiger partial charge in [-0.3, -0.25) is 9.59 Å². The number of hydrogen-bond donors (Lipinski definition) is 2. The Morgan fingerprint density at radius 1 is 1.13 bits per heavy atom. The van der Waals surface area contributed by atoms with Crippen LogP contribution < -0.4 is 10.6 Å². The number of amides is 2. The van der Waals surface area contributed by atoms with Gasteiger partial charge in [-0.05, 0) is 50.1 Å². The van der Waals surface area contributed by atoms with Crippen molar-refractivity contribution in [1.82, 2.24) is 5.32 Å². The molecule has 0 bridgehead atoms. The van der Waals surface area contributed by atoms with Crippen LogP contribution in [0.5, 0.6) is 0 Å². The maximum Gasteiger partial charge on any atom is 0.416 e. The highest BCUT2D eigenvalue weighted by Gasteiger charge is 2.39. The quantitative estimate of drug-likeness (QED) is 0.656. The molecule has 10 heteroatoms. The number of rotatable bonds is 6. The molecule has 162 valence electrons. The van der Waals surface area contributed by atoms with Crippen molar-refractivity contribution in [2.45, 2.75) is 39.4 Å². The average Bonchev–Trinajstić information content (AvgIpc) is 3.01. The van der Waals surface area contributed by atoms with Crippen LogP contribution in [0.4, 0.5) is 18.2 Å². The van der Waals surface area contributed by atoms with Crippen molar-refractivity contribution < 1.29 is 32.3 Å². The Balaban J connectivity index is 2.40. The van der Waals surface area contributed by atoms with Gasteiger partial charge in [0.25, 0.3) is 5.91 Å². The summed E-state index contributed by atoms with van der Waals surface area (Å²) in [6.45, 7) is 5.99. The minimum Gasteiger partial charge on any atom is -0.462 e. The van der Waals surface area contributed by atoms with Gasteiger partial charge in [-0.1, -0.05) is 12.1 Å². The zero-order chi connectivity index (χ0) is 22.7. The van der Waals surface area contributed by atoms with Crippen LogP contribution in [0.2, 0.25) is 0 Å². The third-order valence-electron chi connectivity index (χ3n) is 4.26. The first kappa shape index (κ1) is 23.4. The molecule has 1 heterocycles. The molecule has 2 rings (SSSR count). The maximum atomic E-state index is 13.1. The second kappa shape index (κ2) is 8.86. The highest BCUT2D eigenvalue weighted by molar-refractivity contribution is 7.18. The van der Waals surface area contributed by atoms with Crippen molar-refractivity contribution in [1.29, 1.82) is 0 Å². The number of esters is 1. The normalized spacial score (nSPS) is 13.3. The molecule has 2 N–H and O–H groups in total. The van der Waals surface area contributed by atoms with Gasteiger partial charge in [-0.2, -0.15) is 13.2 Å². The monoisotopic (exact) mass is 442 g/mol. The molecular weight excluding hydrogens is 421 g/mol. The van der Waals surface area contributed by atoms with Crippen LogP contribution in [0.25, 0.3) is 0 Å². The number of alkyl halides is 3. The van der Waals surface area contributed by atoms with Crippen molar-refractivity contribution in [2.24, 2.45) is 0 Å². The van der Waals surface area contributed by atoms with Crippen LogP contribution in [0, 0.1) is 6.92 Å². The Morgan fingerprint density at radius 2 is 1.77 bits per heavy atom. The smallest absolute Gasteiger partial charge is 0.416 e. The van der Waals surface area contributed by atoms with Crippen LogP contribution in [-0.2, 0) is 26.0 Å². The van der Waals surface area contributed by atoms with Gasteiger partial charge in [0.15, 0.2) is 0 Å². The Labute approximate surface area is 175 Å². The number of nitrogens with one attached hydrogen (secondary N) is 2. The lowest BCUT2D eigenvalue weighted by Gasteiger charge is -2.30. The fourth-order valence-corrected chi connectivity index (χ4v) is 3.76. The molecule has 0 aliphatic carbocycles. The van der Waals surface area contributed by atoms with Gasteiger partial charge < -0.3 is 15.4 Å². The highest BCUT2D eigenvalue weighted by atomic mass is 32.1.